The van der Waals surface area contributed by atoms with E-state index in [0.717, 1.165) is 33.7 Å². The van der Waals surface area contributed by atoms with Crippen LogP contribution in [0.25, 0.3) is 27.8 Å². The van der Waals surface area contributed by atoms with Gasteiger partial charge in [0.15, 0.2) is 5.65 Å². The molecule has 0 unspecified atom stereocenters. The number of hydrogen-bond acceptors (Lipinski definition) is 7. The lowest BCUT2D eigenvalue weighted by molar-refractivity contribution is 0.399. The highest BCUT2D eigenvalue weighted by Gasteiger charge is 2.16. The van der Waals surface area contributed by atoms with Crippen LogP contribution in [-0.4, -0.2) is 46.2 Å². The maximum Gasteiger partial charge on any atom is 0.241 e. The van der Waals surface area contributed by atoms with Crippen molar-refractivity contribution < 1.29 is 4.74 Å². The van der Waals surface area contributed by atoms with E-state index in [2.05, 4.69) is 30.0 Å². The summed E-state index contributed by atoms with van der Waals surface area (Å²) in [6.45, 7) is 2.42. The minimum Gasteiger partial charge on any atom is -0.479 e. The molecular weight excluding hydrogens is 392 g/mol. The number of nitrogens with zero attached hydrogens (tertiary/aromatic N) is 8. The van der Waals surface area contributed by atoms with Gasteiger partial charge < -0.3 is 9.30 Å². The molecule has 0 spiro atoms. The molecule has 5 heterocycles. The first-order valence-corrected chi connectivity index (χ1v) is 9.18. The molecule has 5 aromatic rings. The molecule has 0 fully saturated rings. The molecule has 0 saturated heterocycles. The molecule has 0 radical (unpaired) electrons. The molecule has 0 aliphatic carbocycles. The van der Waals surface area contributed by atoms with Gasteiger partial charge in [0.05, 0.1) is 37.3 Å². The summed E-state index contributed by atoms with van der Waals surface area (Å²) < 4.78 is 9.19. The first kappa shape index (κ1) is 17.5. The molecule has 0 bridgehead atoms. The average Bonchev–Trinajstić information content (AvgIpc) is 3.29. The molecular formula is C19H15ClN8O. The van der Waals surface area contributed by atoms with Crippen molar-refractivity contribution in [2.24, 2.45) is 0 Å². The van der Waals surface area contributed by atoms with Crippen molar-refractivity contribution in [3.05, 3.63) is 59.9 Å². The van der Waals surface area contributed by atoms with Crippen LogP contribution in [0.2, 0.25) is 5.15 Å². The zero-order valence-corrected chi connectivity index (χ0v) is 16.4. The van der Waals surface area contributed by atoms with Crippen LogP contribution in [-0.2, 0) is 6.54 Å². The number of rotatable bonds is 4. The van der Waals surface area contributed by atoms with Gasteiger partial charge in [-0.05, 0) is 19.1 Å². The van der Waals surface area contributed by atoms with Gasteiger partial charge in [-0.1, -0.05) is 11.6 Å². The van der Waals surface area contributed by atoms with Crippen molar-refractivity contribution in [3.63, 3.8) is 0 Å². The van der Waals surface area contributed by atoms with E-state index >= 15 is 0 Å². The molecule has 0 aromatic carbocycles. The van der Waals surface area contributed by atoms with Crippen molar-refractivity contribution in [2.45, 2.75) is 13.5 Å². The molecule has 29 heavy (non-hydrogen) atoms. The van der Waals surface area contributed by atoms with Crippen LogP contribution < -0.4 is 4.74 Å². The van der Waals surface area contributed by atoms with E-state index in [1.807, 2.05) is 29.8 Å². The summed E-state index contributed by atoms with van der Waals surface area (Å²) in [6, 6.07) is 4.01. The van der Waals surface area contributed by atoms with Crippen molar-refractivity contribution in [3.8, 4) is 17.0 Å². The van der Waals surface area contributed by atoms with Gasteiger partial charge in [-0.15, -0.1) is 0 Å². The molecule has 10 heteroatoms. The van der Waals surface area contributed by atoms with Gasteiger partial charge in [-0.2, -0.15) is 10.1 Å². The highest BCUT2D eigenvalue weighted by atomic mass is 35.5. The Balaban J connectivity index is 1.66. The highest BCUT2D eigenvalue weighted by molar-refractivity contribution is 6.29. The zero-order chi connectivity index (χ0) is 20.0. The average molecular weight is 407 g/mol. The Hall–Kier alpha value is -3.59. The second kappa shape index (κ2) is 6.78. The summed E-state index contributed by atoms with van der Waals surface area (Å²) in [6.07, 6.45) is 8.32. The number of fused-ring (bicyclic) bond motifs is 2. The van der Waals surface area contributed by atoms with Gasteiger partial charge in [0.1, 0.15) is 22.8 Å². The smallest absolute Gasteiger partial charge is 0.241 e. The fraction of sp³-hybridized carbons (Fsp3) is 0.158. The van der Waals surface area contributed by atoms with Crippen molar-refractivity contribution >= 4 is 28.3 Å². The summed E-state index contributed by atoms with van der Waals surface area (Å²) in [4.78, 5) is 21.8. The van der Waals surface area contributed by atoms with Gasteiger partial charge in [0, 0.05) is 23.5 Å². The number of methoxy groups -OCH3 is 1. The number of aromatic nitrogens is 8. The van der Waals surface area contributed by atoms with Crippen molar-refractivity contribution in [2.75, 3.05) is 7.11 Å². The molecule has 0 saturated carbocycles. The molecule has 0 atom stereocenters. The summed E-state index contributed by atoms with van der Waals surface area (Å²) in [5.74, 6) is 1.33. The standard InChI is InChI=1S/C19H15ClN8O/c1-11-25-18-15(27(11)9-13-7-21-8-16(20)26-13)5-12(6-22-18)14-3-4-28-17(14)19(29-2)23-10-24-28/h3-8,10H,9H2,1-2H3. The minimum absolute atomic E-state index is 0.357. The van der Waals surface area contributed by atoms with Crippen molar-refractivity contribution in [1.82, 2.24) is 39.1 Å². The van der Waals surface area contributed by atoms with E-state index in [0.29, 0.717) is 23.2 Å². The summed E-state index contributed by atoms with van der Waals surface area (Å²) >= 11 is 5.98. The van der Waals surface area contributed by atoms with E-state index < -0.39 is 0 Å². The van der Waals surface area contributed by atoms with Gasteiger partial charge >= 0.3 is 0 Å². The number of aryl methyl sites for hydroxylation is 1. The molecule has 144 valence electrons. The van der Waals surface area contributed by atoms with E-state index in [9.17, 15) is 0 Å². The highest BCUT2D eigenvalue weighted by Crippen LogP contribution is 2.31. The predicted octanol–water partition coefficient (Wildman–Crippen LogP) is 2.95. The second-order valence-electron chi connectivity index (χ2n) is 6.44. The Morgan fingerprint density at radius 3 is 2.86 bits per heavy atom. The van der Waals surface area contributed by atoms with Gasteiger partial charge in [0.2, 0.25) is 5.88 Å². The summed E-state index contributed by atoms with van der Waals surface area (Å²) in [5.41, 5.74) is 4.90. The molecule has 5 aromatic heterocycles. The molecule has 9 nitrogen and oxygen atoms in total. The normalized spacial score (nSPS) is 11.4. The predicted molar refractivity (Wildman–Crippen MR) is 107 cm³/mol. The number of halogens is 1. The maximum atomic E-state index is 5.98. The van der Waals surface area contributed by atoms with Crippen molar-refractivity contribution in [1.29, 1.82) is 0 Å². The lowest BCUT2D eigenvalue weighted by Gasteiger charge is -2.08. The van der Waals surface area contributed by atoms with Crippen LogP contribution in [0.4, 0.5) is 0 Å². The van der Waals surface area contributed by atoms with E-state index in [1.165, 1.54) is 12.5 Å². The monoisotopic (exact) mass is 406 g/mol. The fourth-order valence-electron chi connectivity index (χ4n) is 3.39. The molecule has 0 amide bonds. The lowest BCUT2D eigenvalue weighted by Crippen LogP contribution is -2.04. The van der Waals surface area contributed by atoms with Gasteiger partial charge in [0.25, 0.3) is 0 Å². The number of imidazole rings is 1. The summed E-state index contributed by atoms with van der Waals surface area (Å²) in [7, 11) is 1.59. The zero-order valence-electron chi connectivity index (χ0n) is 15.6. The first-order valence-electron chi connectivity index (χ1n) is 8.80. The maximum absolute atomic E-state index is 5.98. The van der Waals surface area contributed by atoms with Crippen LogP contribution in [0.3, 0.4) is 0 Å². The third-order valence-corrected chi connectivity index (χ3v) is 4.88. The van der Waals surface area contributed by atoms with E-state index in [1.54, 1.807) is 24.0 Å². The largest absolute Gasteiger partial charge is 0.479 e. The molecule has 0 aliphatic heterocycles. The van der Waals surface area contributed by atoms with E-state index in [-0.39, 0.29) is 0 Å². The molecule has 0 N–H and O–H groups in total. The van der Waals surface area contributed by atoms with Gasteiger partial charge in [-0.25, -0.2) is 19.5 Å². The lowest BCUT2D eigenvalue weighted by atomic mass is 10.1. The molecule has 0 aliphatic rings. The van der Waals surface area contributed by atoms with Crippen LogP contribution >= 0.6 is 11.6 Å². The summed E-state index contributed by atoms with van der Waals surface area (Å²) in [5, 5.41) is 4.60. The van der Waals surface area contributed by atoms with Gasteiger partial charge in [-0.3, -0.25) is 4.98 Å². The second-order valence-corrected chi connectivity index (χ2v) is 6.82. The Bertz CT molecular complexity index is 1360. The Morgan fingerprint density at radius 1 is 1.14 bits per heavy atom. The first-order chi connectivity index (χ1) is 14.1. The van der Waals surface area contributed by atoms with E-state index in [4.69, 9.17) is 16.3 Å². The quantitative estimate of drug-likeness (QED) is 0.452. The molecule has 5 rings (SSSR count). The Labute approximate surface area is 170 Å². The Kier molecular flexibility index (Phi) is 4.09. The van der Waals surface area contributed by atoms with Crippen LogP contribution in [0.5, 0.6) is 5.88 Å². The number of hydrogen-bond donors (Lipinski definition) is 0. The number of ether oxygens (including phenoxy) is 1. The Morgan fingerprint density at radius 2 is 2.03 bits per heavy atom. The third-order valence-electron chi connectivity index (χ3n) is 4.70. The fourth-order valence-corrected chi connectivity index (χ4v) is 3.56. The number of pyridine rings is 1. The third kappa shape index (κ3) is 2.95. The topological polar surface area (TPSA) is 95.9 Å². The SMILES string of the molecule is COc1ncnn2ccc(-c3cnc4nc(C)n(Cc5cncc(Cl)n5)c4c3)c12. The van der Waals surface area contributed by atoms with Crippen LogP contribution in [0, 0.1) is 6.92 Å². The van der Waals surface area contributed by atoms with Crippen LogP contribution in [0.1, 0.15) is 11.5 Å². The minimum atomic E-state index is 0.357. The van der Waals surface area contributed by atoms with Crippen LogP contribution in [0.15, 0.2) is 43.2 Å².